The van der Waals surface area contributed by atoms with E-state index >= 15 is 0 Å². The van der Waals surface area contributed by atoms with E-state index in [1.807, 2.05) is 11.3 Å². The number of nitrogens with zero attached hydrogens (tertiary/aromatic N) is 1. The molecule has 0 bridgehead atoms. The number of anilines is 3. The van der Waals surface area contributed by atoms with Crippen LogP contribution in [-0.4, -0.2) is 0 Å². The van der Waals surface area contributed by atoms with Gasteiger partial charge in [-0.1, -0.05) is 164 Å². The zero-order valence-corrected chi connectivity index (χ0v) is 32.8. The van der Waals surface area contributed by atoms with Gasteiger partial charge in [0.1, 0.15) is 11.2 Å². The molecule has 3 heteroatoms. The first kappa shape index (κ1) is 33.7. The molecule has 0 unspecified atom stereocenters. The van der Waals surface area contributed by atoms with Crippen LogP contribution < -0.4 is 4.90 Å². The van der Waals surface area contributed by atoms with Crippen LogP contribution in [0.4, 0.5) is 17.1 Å². The summed E-state index contributed by atoms with van der Waals surface area (Å²) >= 11 is 1.87. The van der Waals surface area contributed by atoms with E-state index in [1.165, 1.54) is 52.8 Å². The second-order valence-electron chi connectivity index (χ2n) is 15.2. The number of benzene rings is 10. The molecule has 2 nitrogen and oxygen atoms in total. The molecule has 0 radical (unpaired) electrons. The highest BCUT2D eigenvalue weighted by Gasteiger charge is 2.25. The third-order valence-electron chi connectivity index (χ3n) is 11.8. The van der Waals surface area contributed by atoms with Crippen LogP contribution in [0.1, 0.15) is 0 Å². The van der Waals surface area contributed by atoms with Crippen molar-refractivity contribution in [2.45, 2.75) is 0 Å². The molecule has 276 valence electrons. The minimum atomic E-state index is 0.865. The molecule has 0 fully saturated rings. The van der Waals surface area contributed by atoms with Gasteiger partial charge in [0.25, 0.3) is 0 Å². The summed E-state index contributed by atoms with van der Waals surface area (Å²) in [5.74, 6) is 0. The van der Waals surface area contributed by atoms with Crippen molar-refractivity contribution in [1.82, 2.24) is 0 Å². The summed E-state index contributed by atoms with van der Waals surface area (Å²) in [6, 6.07) is 76.9. The second kappa shape index (κ2) is 13.6. The lowest BCUT2D eigenvalue weighted by molar-refractivity contribution is 0.670. The molecule has 0 aliphatic carbocycles. The molecule has 2 aromatic heterocycles. The highest BCUT2D eigenvalue weighted by atomic mass is 32.1. The van der Waals surface area contributed by atoms with E-state index < -0.39 is 0 Å². The van der Waals surface area contributed by atoms with Gasteiger partial charge in [0.05, 0.1) is 21.5 Å². The summed E-state index contributed by atoms with van der Waals surface area (Å²) in [6.07, 6.45) is 0. The Hall–Kier alpha value is -7.46. The summed E-state index contributed by atoms with van der Waals surface area (Å²) in [4.78, 5) is 2.48. The largest absolute Gasteiger partial charge is 0.455 e. The Morgan fingerprint density at radius 2 is 1.00 bits per heavy atom. The Bertz CT molecular complexity index is 3550. The standard InChI is InChI=1S/C56H35NOS/c1-4-13-36(14-5-1)41-27-30-48-52(33-41)58-55-45(38-17-8-3-9-18-38)31-32-50(54(48)55)57(43-28-25-40-24-23-39-19-10-11-20-44(39)49(40)35-43)51-22-12-21-47-46-29-26-42(34-53(46)59-56(47)51)37-15-6-2-7-16-37/h1-35H. The van der Waals surface area contributed by atoms with Crippen LogP contribution in [0.5, 0.6) is 0 Å². The van der Waals surface area contributed by atoms with Gasteiger partial charge in [-0.15, -0.1) is 11.3 Å². The van der Waals surface area contributed by atoms with E-state index in [0.29, 0.717) is 0 Å². The quantitative estimate of drug-likeness (QED) is 0.157. The van der Waals surface area contributed by atoms with Gasteiger partial charge in [0.15, 0.2) is 0 Å². The summed E-state index contributed by atoms with van der Waals surface area (Å²) in [5, 5.41) is 9.60. The van der Waals surface area contributed by atoms with Crippen LogP contribution in [0.2, 0.25) is 0 Å². The monoisotopic (exact) mass is 769 g/mol. The lowest BCUT2D eigenvalue weighted by atomic mass is 9.98. The highest BCUT2D eigenvalue weighted by molar-refractivity contribution is 7.26. The van der Waals surface area contributed by atoms with E-state index in [1.54, 1.807) is 0 Å². The maximum Gasteiger partial charge on any atom is 0.145 e. The molecule has 0 aliphatic heterocycles. The first-order valence-corrected chi connectivity index (χ1v) is 20.9. The molecule has 12 aromatic rings. The van der Waals surface area contributed by atoms with Crippen LogP contribution in [0, 0.1) is 0 Å². The molecule has 0 amide bonds. The minimum Gasteiger partial charge on any atom is -0.455 e. The Morgan fingerprint density at radius 1 is 0.373 bits per heavy atom. The number of rotatable bonds is 6. The number of hydrogen-bond donors (Lipinski definition) is 0. The van der Waals surface area contributed by atoms with Crippen molar-refractivity contribution >= 4 is 92.1 Å². The maximum absolute atomic E-state index is 7.06. The van der Waals surface area contributed by atoms with Gasteiger partial charge in [-0.25, -0.2) is 0 Å². The molecule has 2 heterocycles. The molecule has 0 spiro atoms. The van der Waals surface area contributed by atoms with Crippen LogP contribution in [-0.2, 0) is 0 Å². The van der Waals surface area contributed by atoms with Gasteiger partial charge in [-0.3, -0.25) is 0 Å². The third kappa shape index (κ3) is 5.55. The molecule has 12 rings (SSSR count). The smallest absolute Gasteiger partial charge is 0.145 e. The fourth-order valence-electron chi connectivity index (χ4n) is 9.01. The van der Waals surface area contributed by atoms with Crippen LogP contribution >= 0.6 is 11.3 Å². The topological polar surface area (TPSA) is 16.4 Å². The van der Waals surface area contributed by atoms with Crippen molar-refractivity contribution in [1.29, 1.82) is 0 Å². The van der Waals surface area contributed by atoms with Crippen molar-refractivity contribution in [2.24, 2.45) is 0 Å². The molecule has 10 aromatic carbocycles. The fourth-order valence-corrected chi connectivity index (χ4v) is 10.3. The van der Waals surface area contributed by atoms with Gasteiger partial charge in [-0.2, -0.15) is 0 Å². The third-order valence-corrected chi connectivity index (χ3v) is 13.0. The average molecular weight is 770 g/mol. The number of furan rings is 1. The summed E-state index contributed by atoms with van der Waals surface area (Å²) in [5.41, 5.74) is 12.0. The number of fused-ring (bicyclic) bond motifs is 9. The lowest BCUT2D eigenvalue weighted by Crippen LogP contribution is -2.10. The molecule has 0 saturated heterocycles. The van der Waals surface area contributed by atoms with Gasteiger partial charge >= 0.3 is 0 Å². The second-order valence-corrected chi connectivity index (χ2v) is 16.3. The molecular formula is C56H35NOS. The summed E-state index contributed by atoms with van der Waals surface area (Å²) in [7, 11) is 0. The molecule has 0 atom stereocenters. The van der Waals surface area contributed by atoms with Crippen molar-refractivity contribution in [3.63, 3.8) is 0 Å². The van der Waals surface area contributed by atoms with Gasteiger partial charge in [0.2, 0.25) is 0 Å². The first-order chi connectivity index (χ1) is 29.2. The van der Waals surface area contributed by atoms with Crippen molar-refractivity contribution in [3.8, 4) is 33.4 Å². The van der Waals surface area contributed by atoms with Crippen LogP contribution in [0.25, 0.3) is 97.0 Å². The van der Waals surface area contributed by atoms with Gasteiger partial charge < -0.3 is 9.32 Å². The van der Waals surface area contributed by atoms with E-state index in [-0.39, 0.29) is 0 Å². The van der Waals surface area contributed by atoms with Crippen LogP contribution in [0.15, 0.2) is 217 Å². The molecule has 0 N–H and O–H groups in total. The Balaban J connectivity index is 1.16. The van der Waals surface area contributed by atoms with Gasteiger partial charge in [0, 0.05) is 32.1 Å². The van der Waals surface area contributed by atoms with Gasteiger partial charge in [-0.05, 0) is 97.9 Å². The molecule has 0 saturated carbocycles. The van der Waals surface area contributed by atoms with Crippen molar-refractivity contribution < 1.29 is 4.42 Å². The predicted molar refractivity (Wildman–Crippen MR) is 253 cm³/mol. The van der Waals surface area contributed by atoms with Crippen LogP contribution in [0.3, 0.4) is 0 Å². The first-order valence-electron chi connectivity index (χ1n) is 20.1. The number of hydrogen-bond acceptors (Lipinski definition) is 3. The Morgan fingerprint density at radius 3 is 1.76 bits per heavy atom. The van der Waals surface area contributed by atoms with E-state index in [9.17, 15) is 0 Å². The van der Waals surface area contributed by atoms with E-state index in [2.05, 4.69) is 217 Å². The average Bonchev–Trinajstić information content (AvgIpc) is 3.89. The fraction of sp³-hybridized carbons (Fsp3) is 0. The predicted octanol–water partition coefficient (Wildman–Crippen LogP) is 16.7. The zero-order chi connectivity index (χ0) is 38.9. The highest BCUT2D eigenvalue weighted by Crippen LogP contribution is 2.50. The van der Waals surface area contributed by atoms with E-state index in [0.717, 1.165) is 61.3 Å². The lowest BCUT2D eigenvalue weighted by Gasteiger charge is -2.27. The normalized spacial score (nSPS) is 11.7. The molecule has 59 heavy (non-hydrogen) atoms. The van der Waals surface area contributed by atoms with E-state index in [4.69, 9.17) is 4.42 Å². The minimum absolute atomic E-state index is 0.865. The number of thiophene rings is 1. The summed E-state index contributed by atoms with van der Waals surface area (Å²) in [6.45, 7) is 0. The van der Waals surface area contributed by atoms with Crippen molar-refractivity contribution in [2.75, 3.05) is 4.90 Å². The Labute approximate surface area is 345 Å². The molecule has 0 aliphatic rings. The molecular weight excluding hydrogens is 735 g/mol. The summed E-state index contributed by atoms with van der Waals surface area (Å²) < 4.78 is 9.57. The SMILES string of the molecule is c1ccc(-c2ccc3c(c2)oc2c(-c4ccccc4)ccc(N(c4ccc5ccc6ccccc6c5c4)c4cccc5c4sc4cc(-c6ccccc6)ccc45)c23)cc1. The maximum atomic E-state index is 7.06. The zero-order valence-electron chi connectivity index (χ0n) is 32.0. The van der Waals surface area contributed by atoms with Crippen molar-refractivity contribution in [3.05, 3.63) is 212 Å². The Kier molecular flexibility index (Phi) is 7.75.